The molecule has 0 aromatic heterocycles. The van der Waals surface area contributed by atoms with E-state index in [9.17, 15) is 4.79 Å². The van der Waals surface area contributed by atoms with Crippen molar-refractivity contribution in [2.45, 2.75) is 58.0 Å². The lowest BCUT2D eigenvalue weighted by molar-refractivity contribution is -0.131. The molecule has 0 radical (unpaired) electrons. The van der Waals surface area contributed by atoms with E-state index < -0.39 is 0 Å². The number of rotatable bonds is 4. The minimum atomic E-state index is -0.157. The van der Waals surface area contributed by atoms with Crippen LogP contribution in [-0.4, -0.2) is 12.1 Å². The van der Waals surface area contributed by atoms with Crippen LogP contribution >= 0.6 is 0 Å². The molecule has 0 spiro atoms. The van der Waals surface area contributed by atoms with Crippen molar-refractivity contribution in [2.24, 2.45) is 0 Å². The second-order valence-electron chi connectivity index (χ2n) is 7.62. The lowest BCUT2D eigenvalue weighted by Crippen LogP contribution is -2.16. The van der Waals surface area contributed by atoms with Crippen LogP contribution in [0.2, 0.25) is 0 Å². The summed E-state index contributed by atoms with van der Waals surface area (Å²) in [6.07, 6.45) is 2.53. The Morgan fingerprint density at radius 3 is 2.52 bits per heavy atom. The van der Waals surface area contributed by atoms with Gasteiger partial charge in [0.25, 0.3) is 0 Å². The molecule has 130 valence electrons. The number of hydrogen-bond donors (Lipinski definition) is 0. The number of carbonyl (C=O) groups is 1. The quantitative estimate of drug-likeness (QED) is 0.596. The van der Waals surface area contributed by atoms with Gasteiger partial charge in [-0.15, -0.1) is 0 Å². The molecule has 2 aliphatic rings. The number of esters is 1. The van der Waals surface area contributed by atoms with Gasteiger partial charge in [0, 0.05) is 12.0 Å². The zero-order chi connectivity index (χ0) is 17.6. The first kappa shape index (κ1) is 16.2. The molecule has 2 aromatic carbocycles. The number of hydrogen-bond acceptors (Lipinski definition) is 3. The van der Waals surface area contributed by atoms with E-state index in [4.69, 9.17) is 9.47 Å². The predicted molar refractivity (Wildman–Crippen MR) is 97.5 cm³/mol. The highest BCUT2D eigenvalue weighted by atomic mass is 16.5. The summed E-state index contributed by atoms with van der Waals surface area (Å²) in [6.45, 7) is 6.62. The molecule has 0 aliphatic carbocycles. The van der Waals surface area contributed by atoms with Crippen LogP contribution in [0.5, 0.6) is 11.5 Å². The SMILES string of the molecule is CC(C)c1ccc2c(c1)OC(CC(C)c1ccc3c(c1)OC(=O)C3)C2. The highest BCUT2D eigenvalue weighted by molar-refractivity contribution is 5.81. The molecule has 25 heavy (non-hydrogen) atoms. The third-order valence-electron chi connectivity index (χ3n) is 5.33. The second kappa shape index (κ2) is 6.21. The maximum absolute atomic E-state index is 11.4. The summed E-state index contributed by atoms with van der Waals surface area (Å²) >= 11 is 0. The zero-order valence-electron chi connectivity index (χ0n) is 15.0. The maximum Gasteiger partial charge on any atom is 0.315 e. The normalized spacial score (nSPS) is 19.4. The summed E-state index contributed by atoms with van der Waals surface area (Å²) < 4.78 is 11.5. The topological polar surface area (TPSA) is 35.5 Å². The van der Waals surface area contributed by atoms with Gasteiger partial charge >= 0.3 is 5.97 Å². The number of ether oxygens (including phenoxy) is 2. The van der Waals surface area contributed by atoms with Gasteiger partial charge < -0.3 is 9.47 Å². The monoisotopic (exact) mass is 336 g/mol. The summed E-state index contributed by atoms with van der Waals surface area (Å²) in [5.74, 6) is 2.49. The molecular weight excluding hydrogens is 312 g/mol. The molecule has 4 rings (SSSR count). The molecule has 0 N–H and O–H groups in total. The molecule has 3 heteroatoms. The molecule has 2 aliphatic heterocycles. The average Bonchev–Trinajstić information content (AvgIpc) is 3.14. The van der Waals surface area contributed by atoms with E-state index in [1.165, 1.54) is 16.7 Å². The molecule has 0 saturated heterocycles. The van der Waals surface area contributed by atoms with Crippen molar-refractivity contribution >= 4 is 5.97 Å². The van der Waals surface area contributed by atoms with Crippen molar-refractivity contribution in [2.75, 3.05) is 0 Å². The van der Waals surface area contributed by atoms with Gasteiger partial charge in [-0.05, 0) is 47.1 Å². The minimum absolute atomic E-state index is 0.157. The first-order chi connectivity index (χ1) is 12.0. The highest BCUT2D eigenvalue weighted by Gasteiger charge is 2.27. The van der Waals surface area contributed by atoms with E-state index in [0.29, 0.717) is 18.3 Å². The minimum Gasteiger partial charge on any atom is -0.490 e. The van der Waals surface area contributed by atoms with Crippen LogP contribution in [0.3, 0.4) is 0 Å². The van der Waals surface area contributed by atoms with Crippen molar-refractivity contribution < 1.29 is 14.3 Å². The van der Waals surface area contributed by atoms with Crippen molar-refractivity contribution in [3.05, 3.63) is 58.7 Å². The molecule has 0 bridgehead atoms. The highest BCUT2D eigenvalue weighted by Crippen LogP contribution is 2.37. The Bertz CT molecular complexity index is 822. The lowest BCUT2D eigenvalue weighted by atomic mass is 9.92. The van der Waals surface area contributed by atoms with E-state index in [1.54, 1.807) is 0 Å². The fraction of sp³-hybridized carbons (Fsp3) is 0.409. The number of benzene rings is 2. The molecule has 0 saturated carbocycles. The molecular formula is C22H24O3. The van der Waals surface area contributed by atoms with Crippen LogP contribution in [-0.2, 0) is 17.6 Å². The fourth-order valence-corrected chi connectivity index (χ4v) is 3.77. The summed E-state index contributed by atoms with van der Waals surface area (Å²) in [5.41, 5.74) is 4.83. The Hall–Kier alpha value is -2.29. The Kier molecular flexibility index (Phi) is 4.03. The van der Waals surface area contributed by atoms with Gasteiger partial charge in [0.05, 0.1) is 6.42 Å². The van der Waals surface area contributed by atoms with Gasteiger partial charge in [-0.3, -0.25) is 4.79 Å². The second-order valence-corrected chi connectivity index (χ2v) is 7.62. The first-order valence-corrected chi connectivity index (χ1v) is 9.12. The Morgan fingerprint density at radius 2 is 1.72 bits per heavy atom. The van der Waals surface area contributed by atoms with Crippen LogP contribution in [0.1, 0.15) is 61.3 Å². The van der Waals surface area contributed by atoms with Crippen LogP contribution in [0, 0.1) is 0 Å². The van der Waals surface area contributed by atoms with Gasteiger partial charge in [0.1, 0.15) is 17.6 Å². The standard InChI is InChI=1S/C22H24O3/c1-13(2)15-4-6-17-9-19(24-20(17)10-15)8-14(3)16-5-7-18-12-22(23)25-21(18)11-16/h4-7,10-11,13-14,19H,8-9,12H2,1-3H3. The molecule has 2 unspecified atom stereocenters. The van der Waals surface area contributed by atoms with Gasteiger partial charge in [0.15, 0.2) is 0 Å². The molecule has 2 atom stereocenters. The average molecular weight is 336 g/mol. The summed E-state index contributed by atoms with van der Waals surface area (Å²) in [6, 6.07) is 12.8. The first-order valence-electron chi connectivity index (χ1n) is 9.12. The van der Waals surface area contributed by atoms with Gasteiger partial charge in [-0.25, -0.2) is 0 Å². The van der Waals surface area contributed by atoms with Crippen LogP contribution < -0.4 is 9.47 Å². The van der Waals surface area contributed by atoms with Crippen molar-refractivity contribution in [3.63, 3.8) is 0 Å². The van der Waals surface area contributed by atoms with Gasteiger partial charge in [-0.2, -0.15) is 0 Å². The van der Waals surface area contributed by atoms with Crippen molar-refractivity contribution in [3.8, 4) is 11.5 Å². The summed E-state index contributed by atoms with van der Waals surface area (Å²) in [4.78, 5) is 11.4. The Labute approximate surface area is 149 Å². The van der Waals surface area contributed by atoms with Crippen LogP contribution in [0.25, 0.3) is 0 Å². The van der Waals surface area contributed by atoms with Crippen LogP contribution in [0.15, 0.2) is 36.4 Å². The number of carbonyl (C=O) groups excluding carboxylic acids is 1. The molecule has 0 fully saturated rings. The summed E-state index contributed by atoms with van der Waals surface area (Å²) in [7, 11) is 0. The third-order valence-corrected chi connectivity index (χ3v) is 5.33. The van der Waals surface area contributed by atoms with Crippen molar-refractivity contribution in [1.29, 1.82) is 0 Å². The van der Waals surface area contributed by atoms with Gasteiger partial charge in [0.2, 0.25) is 0 Å². The number of fused-ring (bicyclic) bond motifs is 2. The zero-order valence-corrected chi connectivity index (χ0v) is 15.0. The van der Waals surface area contributed by atoms with E-state index in [-0.39, 0.29) is 12.1 Å². The largest absolute Gasteiger partial charge is 0.490 e. The van der Waals surface area contributed by atoms with Gasteiger partial charge in [-0.1, -0.05) is 45.0 Å². The smallest absolute Gasteiger partial charge is 0.315 e. The lowest BCUT2D eigenvalue weighted by Gasteiger charge is -2.17. The van der Waals surface area contributed by atoms with E-state index in [2.05, 4.69) is 45.0 Å². The maximum atomic E-state index is 11.4. The van der Waals surface area contributed by atoms with E-state index >= 15 is 0 Å². The van der Waals surface area contributed by atoms with Crippen molar-refractivity contribution in [1.82, 2.24) is 0 Å². The van der Waals surface area contributed by atoms with E-state index in [0.717, 1.165) is 29.9 Å². The molecule has 2 aromatic rings. The summed E-state index contributed by atoms with van der Waals surface area (Å²) in [5, 5.41) is 0. The van der Waals surface area contributed by atoms with E-state index in [1.807, 2.05) is 12.1 Å². The Balaban J connectivity index is 1.45. The molecule has 0 amide bonds. The molecule has 2 heterocycles. The predicted octanol–water partition coefficient (Wildman–Crippen LogP) is 4.77. The molecule has 3 nitrogen and oxygen atoms in total. The fourth-order valence-electron chi connectivity index (χ4n) is 3.77. The Morgan fingerprint density at radius 1 is 1.00 bits per heavy atom. The third kappa shape index (κ3) is 3.15. The van der Waals surface area contributed by atoms with Crippen LogP contribution in [0.4, 0.5) is 0 Å².